The van der Waals surface area contributed by atoms with Crippen molar-refractivity contribution >= 4 is 21.4 Å². The number of sulfonamides is 1. The molecule has 2 aromatic heterocycles. The van der Waals surface area contributed by atoms with Crippen molar-refractivity contribution in [3.63, 3.8) is 0 Å². The number of aromatic nitrogens is 2. The first-order valence-electron chi connectivity index (χ1n) is 7.46. The van der Waals surface area contributed by atoms with Crippen molar-refractivity contribution in [3.05, 3.63) is 17.3 Å². The lowest BCUT2D eigenvalue weighted by atomic mass is 10.1. The third kappa shape index (κ3) is 3.56. The van der Waals surface area contributed by atoms with Crippen LogP contribution < -0.4 is 4.72 Å². The first kappa shape index (κ1) is 15.6. The zero-order chi connectivity index (χ0) is 15.6. The fourth-order valence-electron chi connectivity index (χ4n) is 2.66. The molecule has 0 aliphatic heterocycles. The highest BCUT2D eigenvalue weighted by molar-refractivity contribution is 7.91. The molecular weight excluding hydrogens is 322 g/mol. The molecule has 0 spiro atoms. The average Bonchev–Trinajstić information content (AvgIpc) is 3.04. The minimum absolute atomic E-state index is 0.0451. The predicted molar refractivity (Wildman–Crippen MR) is 84.2 cm³/mol. The molecule has 1 fully saturated rings. The van der Waals surface area contributed by atoms with E-state index in [9.17, 15) is 8.42 Å². The summed E-state index contributed by atoms with van der Waals surface area (Å²) in [4.78, 5) is 0. The van der Waals surface area contributed by atoms with Gasteiger partial charge in [0.2, 0.25) is 21.8 Å². The summed E-state index contributed by atoms with van der Waals surface area (Å²) in [7, 11) is -3.48. The number of thiophene rings is 1. The molecule has 0 atom stereocenters. The quantitative estimate of drug-likeness (QED) is 0.864. The van der Waals surface area contributed by atoms with Crippen molar-refractivity contribution < 1.29 is 12.8 Å². The summed E-state index contributed by atoms with van der Waals surface area (Å²) in [6.45, 7) is 1.70. The van der Waals surface area contributed by atoms with E-state index >= 15 is 0 Å². The van der Waals surface area contributed by atoms with Crippen molar-refractivity contribution in [1.82, 2.24) is 14.9 Å². The molecule has 1 saturated carbocycles. The van der Waals surface area contributed by atoms with E-state index < -0.39 is 10.0 Å². The number of rotatable bonds is 4. The highest BCUT2D eigenvalue weighted by Crippen LogP contribution is 2.28. The van der Waals surface area contributed by atoms with Crippen LogP contribution in [-0.2, 0) is 10.0 Å². The summed E-state index contributed by atoms with van der Waals surface area (Å²) in [6.07, 6.45) is 6.39. The lowest BCUT2D eigenvalue weighted by molar-refractivity contribution is 0.511. The van der Waals surface area contributed by atoms with Crippen molar-refractivity contribution in [3.8, 4) is 11.5 Å². The van der Waals surface area contributed by atoms with E-state index in [2.05, 4.69) is 14.9 Å². The van der Waals surface area contributed by atoms with Crippen LogP contribution in [0.4, 0.5) is 0 Å². The molecule has 1 N–H and O–H groups in total. The Morgan fingerprint density at radius 3 is 2.59 bits per heavy atom. The molecule has 0 radical (unpaired) electrons. The smallest absolute Gasteiger partial charge is 0.250 e. The highest BCUT2D eigenvalue weighted by Gasteiger charge is 2.23. The van der Waals surface area contributed by atoms with Gasteiger partial charge >= 0.3 is 0 Å². The van der Waals surface area contributed by atoms with Gasteiger partial charge in [-0.2, -0.15) is 0 Å². The van der Waals surface area contributed by atoms with Crippen LogP contribution in [0.3, 0.4) is 0 Å². The molecule has 6 nitrogen and oxygen atoms in total. The molecule has 0 aromatic carbocycles. The van der Waals surface area contributed by atoms with Gasteiger partial charge in [-0.15, -0.1) is 21.5 Å². The molecule has 0 bridgehead atoms. The number of nitrogens with one attached hydrogen (secondary N) is 1. The maximum absolute atomic E-state index is 12.5. The van der Waals surface area contributed by atoms with Crippen LogP contribution >= 0.6 is 11.3 Å². The standard InChI is InChI=1S/C14H19N3O3S2/c1-10-15-16-14(20-10)11-8-13(21-9-11)22(18,19)17-12-6-4-2-3-5-7-12/h8-9,12,17H,2-7H2,1H3. The second kappa shape index (κ2) is 6.47. The van der Waals surface area contributed by atoms with Crippen molar-refractivity contribution in [2.45, 2.75) is 55.7 Å². The Kier molecular flexibility index (Phi) is 4.60. The highest BCUT2D eigenvalue weighted by atomic mass is 32.2. The van der Waals surface area contributed by atoms with Crippen LogP contribution in [0.25, 0.3) is 11.5 Å². The summed E-state index contributed by atoms with van der Waals surface area (Å²) in [5.41, 5.74) is 0.645. The van der Waals surface area contributed by atoms with Gasteiger partial charge in [-0.05, 0) is 18.9 Å². The average molecular weight is 341 g/mol. The lowest BCUT2D eigenvalue weighted by Crippen LogP contribution is -2.33. The molecule has 0 amide bonds. The maximum atomic E-state index is 12.5. The normalized spacial score (nSPS) is 17.5. The Balaban J connectivity index is 1.76. The van der Waals surface area contributed by atoms with Gasteiger partial charge in [0.05, 0.1) is 5.56 Å². The Labute approximate surface area is 134 Å². The Morgan fingerprint density at radius 1 is 1.23 bits per heavy atom. The summed E-state index contributed by atoms with van der Waals surface area (Å²) in [5.74, 6) is 0.812. The number of hydrogen-bond acceptors (Lipinski definition) is 6. The Bertz CT molecular complexity index is 728. The van der Waals surface area contributed by atoms with Crippen molar-refractivity contribution in [2.24, 2.45) is 0 Å². The zero-order valence-corrected chi connectivity index (χ0v) is 14.0. The van der Waals surface area contributed by atoms with Gasteiger partial charge in [-0.3, -0.25) is 0 Å². The number of hydrogen-bond donors (Lipinski definition) is 1. The van der Waals surface area contributed by atoms with Gasteiger partial charge in [-0.25, -0.2) is 13.1 Å². The number of aryl methyl sites for hydroxylation is 1. The van der Waals surface area contributed by atoms with E-state index in [1.54, 1.807) is 18.4 Å². The van der Waals surface area contributed by atoms with Crippen LogP contribution in [0, 0.1) is 6.92 Å². The SMILES string of the molecule is Cc1nnc(-c2csc(S(=O)(=O)NC3CCCCCC3)c2)o1. The maximum Gasteiger partial charge on any atom is 0.250 e. The third-order valence-corrected chi connectivity index (χ3v) is 6.75. The van der Waals surface area contributed by atoms with Gasteiger partial charge in [0, 0.05) is 18.3 Å². The monoisotopic (exact) mass is 341 g/mol. The first-order chi connectivity index (χ1) is 10.5. The zero-order valence-electron chi connectivity index (χ0n) is 12.4. The molecule has 2 heterocycles. The van der Waals surface area contributed by atoms with Crippen molar-refractivity contribution in [1.29, 1.82) is 0 Å². The van der Waals surface area contributed by atoms with E-state index in [-0.39, 0.29) is 6.04 Å². The molecule has 22 heavy (non-hydrogen) atoms. The molecule has 0 unspecified atom stereocenters. The second-order valence-electron chi connectivity index (χ2n) is 5.59. The van der Waals surface area contributed by atoms with Crippen LogP contribution in [0.1, 0.15) is 44.4 Å². The molecule has 2 aromatic rings. The summed E-state index contributed by atoms with van der Waals surface area (Å²) >= 11 is 1.18. The Hall–Kier alpha value is -1.25. The van der Waals surface area contributed by atoms with E-state index in [0.29, 0.717) is 21.6 Å². The van der Waals surface area contributed by atoms with E-state index in [1.807, 2.05) is 0 Å². The minimum Gasteiger partial charge on any atom is -0.421 e. The number of nitrogens with zero attached hydrogens (tertiary/aromatic N) is 2. The summed E-state index contributed by atoms with van der Waals surface area (Å²) < 4.78 is 33.5. The van der Waals surface area contributed by atoms with Gasteiger partial charge in [-0.1, -0.05) is 25.7 Å². The largest absolute Gasteiger partial charge is 0.421 e. The summed E-state index contributed by atoms with van der Waals surface area (Å²) in [5, 5.41) is 9.41. The minimum atomic E-state index is -3.48. The van der Waals surface area contributed by atoms with E-state index in [0.717, 1.165) is 25.7 Å². The fraction of sp³-hybridized carbons (Fsp3) is 0.571. The molecule has 0 saturated heterocycles. The van der Waals surface area contributed by atoms with Gasteiger partial charge < -0.3 is 4.42 Å². The lowest BCUT2D eigenvalue weighted by Gasteiger charge is -2.15. The summed E-state index contributed by atoms with van der Waals surface area (Å²) in [6, 6.07) is 1.64. The fourth-order valence-corrected chi connectivity index (χ4v) is 5.13. The Morgan fingerprint density at radius 2 is 1.95 bits per heavy atom. The topological polar surface area (TPSA) is 85.1 Å². The molecule has 120 valence electrons. The predicted octanol–water partition coefficient (Wildman–Crippen LogP) is 3.11. The van der Waals surface area contributed by atoms with Gasteiger partial charge in [0.25, 0.3) is 0 Å². The van der Waals surface area contributed by atoms with Crippen LogP contribution in [0.15, 0.2) is 20.1 Å². The van der Waals surface area contributed by atoms with Gasteiger partial charge in [0.1, 0.15) is 4.21 Å². The van der Waals surface area contributed by atoms with Crippen LogP contribution in [-0.4, -0.2) is 24.7 Å². The second-order valence-corrected chi connectivity index (χ2v) is 8.44. The van der Waals surface area contributed by atoms with Gasteiger partial charge in [0.15, 0.2) is 0 Å². The first-order valence-corrected chi connectivity index (χ1v) is 9.82. The molecule has 1 aliphatic carbocycles. The van der Waals surface area contributed by atoms with E-state index in [4.69, 9.17) is 4.42 Å². The van der Waals surface area contributed by atoms with E-state index in [1.165, 1.54) is 24.2 Å². The van der Waals surface area contributed by atoms with Crippen LogP contribution in [0.5, 0.6) is 0 Å². The molecular formula is C14H19N3O3S2. The molecule has 1 aliphatic rings. The molecule has 3 rings (SSSR count). The molecule has 8 heteroatoms. The van der Waals surface area contributed by atoms with Crippen molar-refractivity contribution in [2.75, 3.05) is 0 Å². The third-order valence-electron chi connectivity index (χ3n) is 3.79. The van der Waals surface area contributed by atoms with Crippen LogP contribution in [0.2, 0.25) is 0 Å².